The van der Waals surface area contributed by atoms with Gasteiger partial charge in [-0.25, -0.2) is 0 Å². The zero-order chi connectivity index (χ0) is 10.6. The molecule has 1 aromatic heterocycles. The zero-order valence-electron chi connectivity index (χ0n) is 9.38. The van der Waals surface area contributed by atoms with Crippen LogP contribution in [-0.2, 0) is 6.54 Å². The van der Waals surface area contributed by atoms with Gasteiger partial charge in [0.15, 0.2) is 0 Å². The molecule has 3 heteroatoms. The molecule has 84 valence electrons. The first-order chi connectivity index (χ1) is 7.29. The van der Waals surface area contributed by atoms with Gasteiger partial charge in [-0.3, -0.25) is 0 Å². The van der Waals surface area contributed by atoms with Crippen LogP contribution in [0.1, 0.15) is 31.9 Å². The van der Waals surface area contributed by atoms with Gasteiger partial charge in [0.05, 0.1) is 12.8 Å². The molecule has 15 heavy (non-hydrogen) atoms. The number of hydrogen-bond donors (Lipinski definition) is 2. The summed E-state index contributed by atoms with van der Waals surface area (Å²) >= 11 is 0. The van der Waals surface area contributed by atoms with Crippen LogP contribution in [0.25, 0.3) is 0 Å². The van der Waals surface area contributed by atoms with Gasteiger partial charge in [0.25, 0.3) is 0 Å². The van der Waals surface area contributed by atoms with Crippen LogP contribution < -0.4 is 10.6 Å². The van der Waals surface area contributed by atoms with Crippen molar-refractivity contribution in [1.82, 2.24) is 10.6 Å². The van der Waals surface area contributed by atoms with E-state index in [1.807, 2.05) is 12.1 Å². The minimum Gasteiger partial charge on any atom is -0.468 e. The average Bonchev–Trinajstić information content (AvgIpc) is 2.71. The van der Waals surface area contributed by atoms with Crippen LogP contribution in [-0.4, -0.2) is 18.6 Å². The third kappa shape index (κ3) is 3.08. The zero-order valence-corrected chi connectivity index (χ0v) is 9.38. The highest BCUT2D eigenvalue weighted by atomic mass is 16.3. The lowest BCUT2D eigenvalue weighted by Gasteiger charge is -2.35. The van der Waals surface area contributed by atoms with Crippen molar-refractivity contribution in [3.8, 4) is 0 Å². The number of piperidine rings is 1. The molecule has 1 fully saturated rings. The molecule has 0 aliphatic carbocycles. The third-order valence-electron chi connectivity index (χ3n) is 3.10. The van der Waals surface area contributed by atoms with Gasteiger partial charge >= 0.3 is 0 Å². The van der Waals surface area contributed by atoms with Gasteiger partial charge in [-0.1, -0.05) is 6.42 Å². The number of nitrogens with one attached hydrogen (secondary N) is 2. The molecule has 1 aromatic rings. The maximum atomic E-state index is 5.27. The minimum atomic E-state index is 0.269. The maximum absolute atomic E-state index is 5.27. The van der Waals surface area contributed by atoms with E-state index in [-0.39, 0.29) is 5.54 Å². The third-order valence-corrected chi connectivity index (χ3v) is 3.10. The largest absolute Gasteiger partial charge is 0.468 e. The van der Waals surface area contributed by atoms with E-state index in [1.54, 1.807) is 6.26 Å². The molecule has 1 unspecified atom stereocenters. The van der Waals surface area contributed by atoms with Crippen LogP contribution in [0.15, 0.2) is 22.8 Å². The molecule has 0 aromatic carbocycles. The van der Waals surface area contributed by atoms with Crippen molar-refractivity contribution in [2.75, 3.05) is 13.1 Å². The van der Waals surface area contributed by atoms with Crippen molar-refractivity contribution in [3.05, 3.63) is 24.2 Å². The van der Waals surface area contributed by atoms with E-state index in [9.17, 15) is 0 Å². The molecule has 1 aliphatic heterocycles. The lowest BCUT2D eigenvalue weighted by atomic mass is 9.91. The number of rotatable bonds is 4. The maximum Gasteiger partial charge on any atom is 0.117 e. The predicted molar refractivity (Wildman–Crippen MR) is 60.7 cm³/mol. The first-order valence-corrected chi connectivity index (χ1v) is 5.77. The predicted octanol–water partition coefficient (Wildman–Crippen LogP) is 1.90. The second-order valence-corrected chi connectivity index (χ2v) is 4.63. The molecule has 2 heterocycles. The summed E-state index contributed by atoms with van der Waals surface area (Å²) in [5, 5.41) is 7.02. The Labute approximate surface area is 91.2 Å². The highest BCUT2D eigenvalue weighted by Gasteiger charge is 2.25. The van der Waals surface area contributed by atoms with Gasteiger partial charge in [-0.2, -0.15) is 0 Å². The fourth-order valence-corrected chi connectivity index (χ4v) is 2.14. The van der Waals surface area contributed by atoms with E-state index in [4.69, 9.17) is 4.42 Å². The van der Waals surface area contributed by atoms with E-state index in [2.05, 4.69) is 17.6 Å². The molecular formula is C12H20N2O. The molecule has 1 saturated heterocycles. The Kier molecular flexibility index (Phi) is 3.44. The molecular weight excluding hydrogens is 188 g/mol. The summed E-state index contributed by atoms with van der Waals surface area (Å²) in [6.45, 7) is 5.28. The Morgan fingerprint density at radius 1 is 1.53 bits per heavy atom. The molecule has 0 saturated carbocycles. The fraction of sp³-hybridized carbons (Fsp3) is 0.667. The summed E-state index contributed by atoms with van der Waals surface area (Å²) < 4.78 is 5.27. The minimum absolute atomic E-state index is 0.269. The second kappa shape index (κ2) is 4.81. The topological polar surface area (TPSA) is 37.2 Å². The van der Waals surface area contributed by atoms with Crippen LogP contribution in [0.2, 0.25) is 0 Å². The van der Waals surface area contributed by atoms with Crippen molar-refractivity contribution in [2.24, 2.45) is 0 Å². The molecule has 0 radical (unpaired) electrons. The summed E-state index contributed by atoms with van der Waals surface area (Å²) in [6, 6.07) is 3.93. The molecule has 0 spiro atoms. The average molecular weight is 208 g/mol. The van der Waals surface area contributed by atoms with Crippen molar-refractivity contribution in [1.29, 1.82) is 0 Å². The van der Waals surface area contributed by atoms with Crippen LogP contribution in [0, 0.1) is 0 Å². The molecule has 3 nitrogen and oxygen atoms in total. The molecule has 2 rings (SSSR count). The molecule has 0 bridgehead atoms. The van der Waals surface area contributed by atoms with Gasteiger partial charge in [0.2, 0.25) is 0 Å². The van der Waals surface area contributed by atoms with Gasteiger partial charge in [0, 0.05) is 12.1 Å². The Hall–Kier alpha value is -0.800. The summed E-state index contributed by atoms with van der Waals surface area (Å²) in [5.41, 5.74) is 0.269. The lowest BCUT2D eigenvalue weighted by Crippen LogP contribution is -2.52. The first kappa shape index (κ1) is 10.7. The first-order valence-electron chi connectivity index (χ1n) is 5.77. The Balaban J connectivity index is 1.72. The van der Waals surface area contributed by atoms with Crippen molar-refractivity contribution in [2.45, 2.75) is 38.3 Å². The summed E-state index contributed by atoms with van der Waals surface area (Å²) in [7, 11) is 0. The Morgan fingerprint density at radius 3 is 3.13 bits per heavy atom. The molecule has 2 N–H and O–H groups in total. The standard InChI is InChI=1S/C12H20N2O/c1-12(6-2-3-7-14-12)10-13-9-11-5-4-8-15-11/h4-5,8,13-14H,2-3,6-7,9-10H2,1H3. The van der Waals surface area contributed by atoms with Crippen LogP contribution in [0.4, 0.5) is 0 Å². The highest BCUT2D eigenvalue weighted by Crippen LogP contribution is 2.17. The molecule has 0 amide bonds. The highest BCUT2D eigenvalue weighted by molar-refractivity contribution is 4.98. The fourth-order valence-electron chi connectivity index (χ4n) is 2.14. The van der Waals surface area contributed by atoms with E-state index < -0.39 is 0 Å². The van der Waals surface area contributed by atoms with Crippen molar-refractivity contribution in [3.63, 3.8) is 0 Å². The summed E-state index contributed by atoms with van der Waals surface area (Å²) in [6.07, 6.45) is 5.63. The van der Waals surface area contributed by atoms with E-state index in [0.717, 1.165) is 25.4 Å². The van der Waals surface area contributed by atoms with Crippen LogP contribution >= 0.6 is 0 Å². The molecule has 1 atom stereocenters. The van der Waals surface area contributed by atoms with Crippen LogP contribution in [0.5, 0.6) is 0 Å². The summed E-state index contributed by atoms with van der Waals surface area (Å²) in [5.74, 6) is 1.01. The normalized spacial score (nSPS) is 26.7. The SMILES string of the molecule is CC1(CNCc2ccco2)CCCCN1. The van der Waals surface area contributed by atoms with E-state index in [1.165, 1.54) is 19.3 Å². The van der Waals surface area contributed by atoms with Gasteiger partial charge in [-0.15, -0.1) is 0 Å². The number of furan rings is 1. The van der Waals surface area contributed by atoms with E-state index >= 15 is 0 Å². The van der Waals surface area contributed by atoms with Gasteiger partial charge in [-0.05, 0) is 38.4 Å². The Morgan fingerprint density at radius 2 is 2.47 bits per heavy atom. The summed E-state index contributed by atoms with van der Waals surface area (Å²) in [4.78, 5) is 0. The van der Waals surface area contributed by atoms with Crippen molar-refractivity contribution >= 4 is 0 Å². The van der Waals surface area contributed by atoms with Crippen molar-refractivity contribution < 1.29 is 4.42 Å². The quantitative estimate of drug-likeness (QED) is 0.793. The second-order valence-electron chi connectivity index (χ2n) is 4.63. The monoisotopic (exact) mass is 208 g/mol. The number of hydrogen-bond acceptors (Lipinski definition) is 3. The molecule has 1 aliphatic rings. The smallest absolute Gasteiger partial charge is 0.117 e. The van der Waals surface area contributed by atoms with E-state index in [0.29, 0.717) is 0 Å². The Bertz CT molecular complexity index is 276. The van der Waals surface area contributed by atoms with Crippen LogP contribution in [0.3, 0.4) is 0 Å². The van der Waals surface area contributed by atoms with Gasteiger partial charge < -0.3 is 15.1 Å². The van der Waals surface area contributed by atoms with Gasteiger partial charge in [0.1, 0.15) is 5.76 Å². The lowest BCUT2D eigenvalue weighted by molar-refractivity contribution is 0.264.